The van der Waals surface area contributed by atoms with Gasteiger partial charge in [0.05, 0.1) is 0 Å². The summed E-state index contributed by atoms with van der Waals surface area (Å²) in [5, 5.41) is 3.41. The van der Waals surface area contributed by atoms with Gasteiger partial charge in [-0.05, 0) is 45.4 Å². The molecule has 1 heterocycles. The fraction of sp³-hybridized carbons (Fsp3) is 0.692. The Bertz CT molecular complexity index is 484. The van der Waals surface area contributed by atoms with Gasteiger partial charge >= 0.3 is 0 Å². The molecule has 2 saturated carbocycles. The maximum atomic E-state index is 11.6. The number of aromatic nitrogens is 2. The summed E-state index contributed by atoms with van der Waals surface area (Å²) in [6, 6.07) is 1.57. The van der Waals surface area contributed by atoms with Gasteiger partial charge in [-0.3, -0.25) is 4.79 Å². The molecular weight excluding hydrogens is 214 g/mol. The molecule has 0 aromatic carbocycles. The van der Waals surface area contributed by atoms with Crippen LogP contribution < -0.4 is 10.9 Å². The summed E-state index contributed by atoms with van der Waals surface area (Å²) >= 11 is 0. The molecule has 3 rings (SSSR count). The number of aromatic amines is 1. The Labute approximate surface area is 101 Å². The maximum Gasteiger partial charge on any atom is 0.252 e. The Kier molecular flexibility index (Phi) is 2.28. The van der Waals surface area contributed by atoms with Crippen molar-refractivity contribution in [1.29, 1.82) is 0 Å². The van der Waals surface area contributed by atoms with Crippen LogP contribution in [0.1, 0.15) is 51.3 Å². The highest BCUT2D eigenvalue weighted by atomic mass is 16.1. The summed E-state index contributed by atoms with van der Waals surface area (Å²) in [5.74, 6) is 2.78. The number of H-pyrrole nitrogens is 1. The molecular formula is C13H19N3O. The van der Waals surface area contributed by atoms with Crippen molar-refractivity contribution in [2.24, 2.45) is 5.92 Å². The lowest BCUT2D eigenvalue weighted by Crippen LogP contribution is -2.34. The van der Waals surface area contributed by atoms with E-state index in [1.807, 2.05) is 0 Å². The number of nitrogens with zero attached hydrogens (tertiary/aromatic N) is 1. The summed E-state index contributed by atoms with van der Waals surface area (Å²) in [7, 11) is 0. The van der Waals surface area contributed by atoms with E-state index in [9.17, 15) is 4.79 Å². The molecule has 17 heavy (non-hydrogen) atoms. The van der Waals surface area contributed by atoms with Crippen LogP contribution in [0.3, 0.4) is 0 Å². The molecule has 2 aliphatic rings. The van der Waals surface area contributed by atoms with Crippen LogP contribution in [0.4, 0.5) is 5.82 Å². The second-order valence-corrected chi connectivity index (χ2v) is 5.91. The average Bonchev–Trinajstić information content (AvgIpc) is 3.09. The zero-order valence-electron chi connectivity index (χ0n) is 10.4. The van der Waals surface area contributed by atoms with Gasteiger partial charge in [0.2, 0.25) is 0 Å². The first-order valence-electron chi connectivity index (χ1n) is 6.44. The summed E-state index contributed by atoms with van der Waals surface area (Å²) < 4.78 is 0. The molecule has 0 saturated heterocycles. The van der Waals surface area contributed by atoms with E-state index in [1.165, 1.54) is 12.8 Å². The van der Waals surface area contributed by atoms with Gasteiger partial charge < -0.3 is 10.3 Å². The smallest absolute Gasteiger partial charge is 0.252 e. The Morgan fingerprint density at radius 2 is 2.06 bits per heavy atom. The Hall–Kier alpha value is -1.32. The van der Waals surface area contributed by atoms with Crippen LogP contribution in [0.15, 0.2) is 10.9 Å². The predicted molar refractivity (Wildman–Crippen MR) is 67.3 cm³/mol. The normalized spacial score (nSPS) is 20.4. The largest absolute Gasteiger partial charge is 0.365 e. The van der Waals surface area contributed by atoms with E-state index in [2.05, 4.69) is 29.1 Å². The van der Waals surface area contributed by atoms with Crippen molar-refractivity contribution in [2.45, 2.75) is 51.0 Å². The second-order valence-electron chi connectivity index (χ2n) is 5.91. The van der Waals surface area contributed by atoms with Gasteiger partial charge in [0.15, 0.2) is 0 Å². The van der Waals surface area contributed by atoms with Crippen LogP contribution in [0.2, 0.25) is 0 Å². The second kappa shape index (κ2) is 3.59. The highest BCUT2D eigenvalue weighted by Gasteiger charge is 2.38. The minimum absolute atomic E-state index is 0.0433. The van der Waals surface area contributed by atoms with Crippen LogP contribution in [0.25, 0.3) is 0 Å². The number of hydrogen-bond donors (Lipinski definition) is 2. The number of hydrogen-bond acceptors (Lipinski definition) is 3. The fourth-order valence-corrected chi connectivity index (χ4v) is 2.33. The van der Waals surface area contributed by atoms with E-state index in [4.69, 9.17) is 0 Å². The number of rotatable bonds is 4. The maximum absolute atomic E-state index is 11.6. The lowest BCUT2D eigenvalue weighted by Gasteiger charge is -2.26. The SMILES string of the molecule is CC(C)(Nc1cc(=O)[nH]c(C2CC2)n1)C1CC1. The molecule has 0 bridgehead atoms. The third-order valence-electron chi connectivity index (χ3n) is 3.77. The third kappa shape index (κ3) is 2.35. The van der Waals surface area contributed by atoms with E-state index in [0.29, 0.717) is 11.8 Å². The van der Waals surface area contributed by atoms with Crippen LogP contribution in [-0.2, 0) is 0 Å². The molecule has 2 aliphatic carbocycles. The molecule has 0 unspecified atom stereocenters. The molecule has 0 amide bonds. The Balaban J connectivity index is 1.84. The average molecular weight is 233 g/mol. The molecule has 1 aromatic rings. The first kappa shape index (κ1) is 10.8. The minimum atomic E-state index is -0.0454. The molecule has 4 heteroatoms. The van der Waals surface area contributed by atoms with E-state index < -0.39 is 0 Å². The van der Waals surface area contributed by atoms with E-state index in [1.54, 1.807) is 6.07 Å². The molecule has 1 aromatic heterocycles. The first-order chi connectivity index (χ1) is 8.04. The highest BCUT2D eigenvalue weighted by molar-refractivity contribution is 5.37. The monoisotopic (exact) mass is 233 g/mol. The third-order valence-corrected chi connectivity index (χ3v) is 3.77. The van der Waals surface area contributed by atoms with Crippen molar-refractivity contribution < 1.29 is 0 Å². The number of anilines is 1. The molecule has 0 spiro atoms. The Morgan fingerprint density at radius 3 is 2.65 bits per heavy atom. The molecule has 2 fully saturated rings. The molecule has 0 aliphatic heterocycles. The van der Waals surface area contributed by atoms with E-state index >= 15 is 0 Å². The zero-order chi connectivity index (χ0) is 12.0. The standard InChI is InChI=1S/C13H19N3O/c1-13(2,9-5-6-9)16-10-7-11(17)15-12(14-10)8-3-4-8/h7-9H,3-6H2,1-2H3,(H2,14,15,16,17). The van der Waals surface area contributed by atoms with Crippen molar-refractivity contribution in [2.75, 3.05) is 5.32 Å². The predicted octanol–water partition coefficient (Wildman–Crippen LogP) is 2.25. The van der Waals surface area contributed by atoms with Gasteiger partial charge in [0.25, 0.3) is 5.56 Å². The van der Waals surface area contributed by atoms with Crippen molar-refractivity contribution in [3.8, 4) is 0 Å². The Morgan fingerprint density at radius 1 is 1.35 bits per heavy atom. The minimum Gasteiger partial charge on any atom is -0.365 e. The molecule has 0 radical (unpaired) electrons. The van der Waals surface area contributed by atoms with E-state index in [-0.39, 0.29) is 11.1 Å². The number of nitrogens with one attached hydrogen (secondary N) is 2. The van der Waals surface area contributed by atoms with Crippen LogP contribution >= 0.6 is 0 Å². The van der Waals surface area contributed by atoms with Crippen molar-refractivity contribution in [1.82, 2.24) is 9.97 Å². The summed E-state index contributed by atoms with van der Waals surface area (Å²) in [6.45, 7) is 4.37. The van der Waals surface area contributed by atoms with Gasteiger partial charge in [0.1, 0.15) is 11.6 Å². The van der Waals surface area contributed by atoms with Crippen molar-refractivity contribution in [3.05, 3.63) is 22.2 Å². The zero-order valence-corrected chi connectivity index (χ0v) is 10.4. The summed E-state index contributed by atoms with van der Waals surface area (Å²) in [6.07, 6.45) is 4.86. The van der Waals surface area contributed by atoms with Gasteiger partial charge in [0, 0.05) is 17.5 Å². The highest BCUT2D eigenvalue weighted by Crippen LogP contribution is 2.41. The van der Waals surface area contributed by atoms with Crippen molar-refractivity contribution >= 4 is 5.82 Å². The molecule has 92 valence electrons. The molecule has 4 nitrogen and oxygen atoms in total. The molecule has 2 N–H and O–H groups in total. The fourth-order valence-electron chi connectivity index (χ4n) is 2.33. The van der Waals surface area contributed by atoms with Gasteiger partial charge in [-0.15, -0.1) is 0 Å². The van der Waals surface area contributed by atoms with Gasteiger partial charge in [-0.25, -0.2) is 4.98 Å². The van der Waals surface area contributed by atoms with Crippen LogP contribution in [0, 0.1) is 5.92 Å². The van der Waals surface area contributed by atoms with E-state index in [0.717, 1.165) is 24.5 Å². The quantitative estimate of drug-likeness (QED) is 0.838. The van der Waals surface area contributed by atoms with Crippen LogP contribution in [-0.4, -0.2) is 15.5 Å². The lowest BCUT2D eigenvalue weighted by atomic mass is 9.99. The van der Waals surface area contributed by atoms with Gasteiger partial charge in [-0.2, -0.15) is 0 Å². The lowest BCUT2D eigenvalue weighted by molar-refractivity contribution is 0.492. The van der Waals surface area contributed by atoms with Gasteiger partial charge in [-0.1, -0.05) is 0 Å². The first-order valence-corrected chi connectivity index (χ1v) is 6.44. The topological polar surface area (TPSA) is 57.8 Å². The summed E-state index contributed by atoms with van der Waals surface area (Å²) in [5.41, 5.74) is -0.00211. The summed E-state index contributed by atoms with van der Waals surface area (Å²) in [4.78, 5) is 18.9. The van der Waals surface area contributed by atoms with Crippen molar-refractivity contribution in [3.63, 3.8) is 0 Å². The molecule has 0 atom stereocenters. The van der Waals surface area contributed by atoms with Crippen LogP contribution in [0.5, 0.6) is 0 Å².